The number of methoxy groups -OCH3 is 1. The number of nitrogens with zero attached hydrogens (tertiary/aromatic N) is 4. The quantitative estimate of drug-likeness (QED) is 0.594. The molecule has 2 aliphatic rings. The molecule has 2 saturated heterocycles. The molecule has 0 aliphatic carbocycles. The fraction of sp³-hybridized carbons (Fsp3) is 0.500. The van der Waals surface area contributed by atoms with Crippen LogP contribution in [0.3, 0.4) is 0 Å². The van der Waals surface area contributed by atoms with E-state index in [0.29, 0.717) is 55.4 Å². The Kier molecular flexibility index (Phi) is 6.50. The highest BCUT2D eigenvalue weighted by atomic mass is 35.5. The van der Waals surface area contributed by atoms with E-state index in [-0.39, 0.29) is 24.1 Å². The lowest BCUT2D eigenvalue weighted by Gasteiger charge is -2.38. The molecule has 0 N–H and O–H groups in total. The second-order valence-electron chi connectivity index (χ2n) is 8.59. The molecule has 3 heterocycles. The summed E-state index contributed by atoms with van der Waals surface area (Å²) < 4.78 is 45.4. The number of ether oxygens (including phenoxy) is 1. The average Bonchev–Trinajstić information content (AvgIpc) is 3.26. The van der Waals surface area contributed by atoms with Gasteiger partial charge in [0, 0.05) is 31.4 Å². The molecular formula is C22H23Cl2F3N4O3. The summed E-state index contributed by atoms with van der Waals surface area (Å²) in [4.78, 5) is 29.4. The van der Waals surface area contributed by atoms with Gasteiger partial charge in [0.15, 0.2) is 5.69 Å². The van der Waals surface area contributed by atoms with Crippen LogP contribution in [-0.4, -0.2) is 53.2 Å². The number of aromatic nitrogens is 2. The number of alkyl halides is 3. The zero-order valence-electron chi connectivity index (χ0n) is 18.6. The highest BCUT2D eigenvalue weighted by Crippen LogP contribution is 2.44. The smallest absolute Gasteiger partial charge is 0.436 e. The van der Waals surface area contributed by atoms with Gasteiger partial charge in [-0.1, -0.05) is 23.2 Å². The minimum absolute atomic E-state index is 0.00602. The second-order valence-corrected chi connectivity index (χ2v) is 9.38. The highest BCUT2D eigenvalue weighted by molar-refractivity contribution is 6.32. The van der Waals surface area contributed by atoms with Gasteiger partial charge in [0.1, 0.15) is 12.3 Å². The topological polar surface area (TPSA) is 67.7 Å². The van der Waals surface area contributed by atoms with Gasteiger partial charge in [-0.05, 0) is 38.3 Å². The van der Waals surface area contributed by atoms with Gasteiger partial charge < -0.3 is 14.5 Å². The zero-order chi connectivity index (χ0) is 24.8. The van der Waals surface area contributed by atoms with Crippen molar-refractivity contribution >= 4 is 40.7 Å². The average molecular weight is 519 g/mol. The van der Waals surface area contributed by atoms with Crippen LogP contribution in [0.5, 0.6) is 5.75 Å². The Morgan fingerprint density at radius 3 is 2.41 bits per heavy atom. The third kappa shape index (κ3) is 4.33. The van der Waals surface area contributed by atoms with Gasteiger partial charge >= 0.3 is 6.18 Å². The molecular weight excluding hydrogens is 496 g/mol. The number of halogens is 5. The maximum absolute atomic E-state index is 13.3. The molecule has 34 heavy (non-hydrogen) atoms. The van der Waals surface area contributed by atoms with Crippen molar-refractivity contribution in [2.24, 2.45) is 5.41 Å². The van der Waals surface area contributed by atoms with E-state index < -0.39 is 22.3 Å². The first kappa shape index (κ1) is 24.7. The zero-order valence-corrected chi connectivity index (χ0v) is 20.1. The monoisotopic (exact) mass is 518 g/mol. The van der Waals surface area contributed by atoms with Gasteiger partial charge in [-0.25, -0.2) is 0 Å². The Balaban J connectivity index is 1.41. The molecule has 0 atom stereocenters. The predicted molar refractivity (Wildman–Crippen MR) is 120 cm³/mol. The molecule has 1 aromatic heterocycles. The van der Waals surface area contributed by atoms with E-state index in [0.717, 1.165) is 4.68 Å². The summed E-state index contributed by atoms with van der Waals surface area (Å²) in [5, 5.41) is 3.44. The molecule has 2 aliphatic heterocycles. The van der Waals surface area contributed by atoms with Crippen LogP contribution in [0, 0.1) is 12.3 Å². The molecule has 1 spiro atoms. The predicted octanol–water partition coefficient (Wildman–Crippen LogP) is 4.57. The summed E-state index contributed by atoms with van der Waals surface area (Å²) in [6, 6.07) is 5.18. The lowest BCUT2D eigenvalue weighted by Crippen LogP contribution is -2.47. The van der Waals surface area contributed by atoms with Crippen molar-refractivity contribution in [3.63, 3.8) is 0 Å². The van der Waals surface area contributed by atoms with Gasteiger partial charge in [-0.15, -0.1) is 0 Å². The maximum atomic E-state index is 13.3. The first-order chi connectivity index (χ1) is 16.0. The number of carbonyl (C=O) groups excluding carboxylic acids is 2. The van der Waals surface area contributed by atoms with E-state index >= 15 is 0 Å². The van der Waals surface area contributed by atoms with Gasteiger partial charge in [-0.3, -0.25) is 14.3 Å². The van der Waals surface area contributed by atoms with E-state index in [1.807, 2.05) is 0 Å². The van der Waals surface area contributed by atoms with Gasteiger partial charge in [0.05, 0.1) is 28.3 Å². The number of amides is 2. The van der Waals surface area contributed by atoms with Crippen LogP contribution in [-0.2, 0) is 22.3 Å². The number of carbonyl (C=O) groups is 2. The number of likely N-dealkylation sites (tertiary alicyclic amines) is 1. The molecule has 184 valence electrons. The molecule has 0 bridgehead atoms. The lowest BCUT2D eigenvalue weighted by molar-refractivity contribution is -0.142. The maximum Gasteiger partial charge on any atom is 0.436 e. The summed E-state index contributed by atoms with van der Waals surface area (Å²) in [5.74, 6) is 0.111. The third-order valence-corrected chi connectivity index (χ3v) is 7.48. The molecule has 12 heteroatoms. The van der Waals surface area contributed by atoms with E-state index in [4.69, 9.17) is 27.9 Å². The van der Waals surface area contributed by atoms with Gasteiger partial charge in [-0.2, -0.15) is 18.3 Å². The summed E-state index contributed by atoms with van der Waals surface area (Å²) in [6.45, 7) is 2.26. The van der Waals surface area contributed by atoms with Crippen molar-refractivity contribution in [1.29, 1.82) is 0 Å². The third-order valence-electron chi connectivity index (χ3n) is 6.72. The van der Waals surface area contributed by atoms with Crippen LogP contribution in [0.1, 0.15) is 30.7 Å². The van der Waals surface area contributed by atoms with Crippen molar-refractivity contribution in [3.8, 4) is 5.75 Å². The number of benzene rings is 1. The second kappa shape index (κ2) is 8.96. The van der Waals surface area contributed by atoms with Crippen molar-refractivity contribution < 1.29 is 27.5 Å². The standard InChI is InChI=1S/C22H23Cl2F3N4O3/c1-13-18(24)19(22(25,26)27)28-31(13)12-17(32)29-8-5-21(6-9-29)7-10-30(20(21)33)14-3-4-15(23)16(11-14)34-2/h3-4,11H,5-10,12H2,1-2H3. The molecule has 7 nitrogen and oxygen atoms in total. The van der Waals surface area contributed by atoms with Crippen LogP contribution in [0.15, 0.2) is 18.2 Å². The Morgan fingerprint density at radius 2 is 1.82 bits per heavy atom. The van der Waals surface area contributed by atoms with Crippen LogP contribution in [0.25, 0.3) is 0 Å². The minimum Gasteiger partial charge on any atom is -0.495 e. The molecule has 0 unspecified atom stereocenters. The van der Waals surface area contributed by atoms with Gasteiger partial charge in [0.25, 0.3) is 0 Å². The number of rotatable bonds is 4. The number of hydrogen-bond donors (Lipinski definition) is 0. The molecule has 2 amide bonds. The Morgan fingerprint density at radius 1 is 1.18 bits per heavy atom. The summed E-state index contributed by atoms with van der Waals surface area (Å²) in [7, 11) is 1.51. The Bertz CT molecular complexity index is 1130. The van der Waals surface area contributed by atoms with Crippen LogP contribution in [0.2, 0.25) is 10.0 Å². The van der Waals surface area contributed by atoms with Gasteiger partial charge in [0.2, 0.25) is 11.8 Å². The highest BCUT2D eigenvalue weighted by Gasteiger charge is 2.49. The van der Waals surface area contributed by atoms with Crippen LogP contribution >= 0.6 is 23.2 Å². The van der Waals surface area contributed by atoms with Crippen molar-refractivity contribution in [1.82, 2.24) is 14.7 Å². The Hall–Kier alpha value is -2.46. The van der Waals surface area contributed by atoms with E-state index in [2.05, 4.69) is 5.10 Å². The molecule has 0 radical (unpaired) electrons. The molecule has 4 rings (SSSR count). The fourth-order valence-electron chi connectivity index (χ4n) is 4.62. The van der Waals surface area contributed by atoms with Crippen LogP contribution in [0.4, 0.5) is 18.9 Å². The number of hydrogen-bond acceptors (Lipinski definition) is 4. The van der Waals surface area contributed by atoms with Crippen molar-refractivity contribution in [2.45, 2.75) is 38.9 Å². The summed E-state index contributed by atoms with van der Waals surface area (Å²) in [5.41, 5.74) is -0.991. The van der Waals surface area contributed by atoms with E-state index in [9.17, 15) is 22.8 Å². The largest absolute Gasteiger partial charge is 0.495 e. The van der Waals surface area contributed by atoms with Crippen molar-refractivity contribution in [3.05, 3.63) is 39.6 Å². The molecule has 0 saturated carbocycles. The minimum atomic E-state index is -4.70. The summed E-state index contributed by atoms with van der Waals surface area (Å²) >= 11 is 11.9. The number of anilines is 1. The first-order valence-corrected chi connectivity index (χ1v) is 11.5. The van der Waals surface area contributed by atoms with Crippen LogP contribution < -0.4 is 9.64 Å². The van der Waals surface area contributed by atoms with Crippen molar-refractivity contribution in [2.75, 3.05) is 31.6 Å². The normalized spacial score (nSPS) is 18.1. The Labute approximate surface area is 204 Å². The van der Waals surface area contributed by atoms with E-state index in [1.165, 1.54) is 14.0 Å². The lowest BCUT2D eigenvalue weighted by atomic mass is 9.77. The fourth-order valence-corrected chi connectivity index (χ4v) is 5.06. The van der Waals surface area contributed by atoms with E-state index in [1.54, 1.807) is 28.0 Å². The number of piperidine rings is 1. The molecule has 2 fully saturated rings. The summed E-state index contributed by atoms with van der Waals surface area (Å²) in [6.07, 6.45) is -3.09. The SMILES string of the molecule is COc1cc(N2CCC3(CCN(C(=O)Cn4nc(C(F)(F)F)c(Cl)c4C)CC3)C2=O)ccc1Cl. The molecule has 1 aromatic carbocycles. The first-order valence-electron chi connectivity index (χ1n) is 10.7. The molecule has 2 aromatic rings.